The van der Waals surface area contributed by atoms with E-state index >= 15 is 0 Å². The van der Waals surface area contributed by atoms with Crippen molar-refractivity contribution in [3.63, 3.8) is 0 Å². The van der Waals surface area contributed by atoms with Crippen LogP contribution in [-0.2, 0) is 0 Å². The van der Waals surface area contributed by atoms with Gasteiger partial charge in [0.2, 0.25) is 5.95 Å². The van der Waals surface area contributed by atoms with Gasteiger partial charge in [0.25, 0.3) is 5.91 Å². The maximum atomic E-state index is 12.5. The van der Waals surface area contributed by atoms with Crippen molar-refractivity contribution in [3.05, 3.63) is 59.9 Å². The number of aromatic nitrogens is 3. The predicted molar refractivity (Wildman–Crippen MR) is 121 cm³/mol. The lowest BCUT2D eigenvalue weighted by Crippen LogP contribution is -2.30. The van der Waals surface area contributed by atoms with Gasteiger partial charge in [0, 0.05) is 31.9 Å². The zero-order valence-electron chi connectivity index (χ0n) is 17.9. The molecule has 0 aliphatic carbocycles. The van der Waals surface area contributed by atoms with Crippen LogP contribution in [0.1, 0.15) is 29.8 Å². The number of para-hydroxylation sites is 1. The monoisotopic (exact) mass is 405 g/mol. The molecule has 0 saturated heterocycles. The summed E-state index contributed by atoms with van der Waals surface area (Å²) in [5.74, 6) is 1.79. The van der Waals surface area contributed by atoms with Crippen LogP contribution < -0.4 is 20.9 Å². The molecule has 3 N–H and O–H groups in total. The van der Waals surface area contributed by atoms with Crippen molar-refractivity contribution in [2.75, 3.05) is 29.6 Å². The van der Waals surface area contributed by atoms with Gasteiger partial charge in [-0.25, -0.2) is 9.97 Å². The fraction of sp³-hybridized carbons (Fsp3) is 0.273. The van der Waals surface area contributed by atoms with Crippen molar-refractivity contribution in [3.8, 4) is 0 Å². The van der Waals surface area contributed by atoms with Crippen LogP contribution >= 0.6 is 0 Å². The molecule has 1 amide bonds. The van der Waals surface area contributed by atoms with E-state index in [1.54, 1.807) is 18.5 Å². The molecular formula is C22H27N7O. The average molecular weight is 406 g/mol. The second kappa shape index (κ2) is 9.21. The van der Waals surface area contributed by atoms with Gasteiger partial charge in [-0.1, -0.05) is 12.1 Å². The van der Waals surface area contributed by atoms with Gasteiger partial charge in [-0.05, 0) is 45.0 Å². The topological polar surface area (TPSA) is 95.1 Å². The lowest BCUT2D eigenvalue weighted by atomic mass is 10.1. The first-order valence-electron chi connectivity index (χ1n) is 9.74. The van der Waals surface area contributed by atoms with Crippen LogP contribution in [0.5, 0.6) is 0 Å². The Labute approximate surface area is 176 Å². The normalized spacial score (nSPS) is 10.6. The number of rotatable bonds is 7. The fourth-order valence-corrected chi connectivity index (χ4v) is 2.74. The zero-order valence-corrected chi connectivity index (χ0v) is 17.9. The Kier molecular flexibility index (Phi) is 6.46. The van der Waals surface area contributed by atoms with Crippen molar-refractivity contribution in [2.45, 2.75) is 26.8 Å². The molecule has 0 aliphatic heterocycles. The molecular weight excluding hydrogens is 378 g/mol. The smallest absolute Gasteiger partial charge is 0.253 e. The number of benzene rings is 1. The molecule has 0 unspecified atom stereocenters. The quantitative estimate of drug-likeness (QED) is 0.549. The SMILES string of the molecule is Cc1cnc(Nc2ccc(N(C)C)nc2)nc1Nc1ccccc1C(=O)NC(C)C. The standard InChI is InChI=1S/C22H27N7O/c1-14(2)25-21(30)17-8-6-7-9-18(17)27-20-15(3)12-24-22(28-20)26-16-10-11-19(23-13-16)29(4)5/h6-14H,1-5H3,(H,25,30)(H2,24,26,27,28). The van der Waals surface area contributed by atoms with Crippen molar-refractivity contribution in [1.82, 2.24) is 20.3 Å². The number of carbonyl (C=O) groups excluding carboxylic acids is 1. The molecule has 0 spiro atoms. The summed E-state index contributed by atoms with van der Waals surface area (Å²) in [4.78, 5) is 27.8. The van der Waals surface area contributed by atoms with Crippen molar-refractivity contribution in [1.29, 1.82) is 0 Å². The van der Waals surface area contributed by atoms with Crippen LogP contribution in [0.25, 0.3) is 0 Å². The number of nitrogens with one attached hydrogen (secondary N) is 3. The molecule has 0 bridgehead atoms. The molecule has 3 aromatic rings. The number of pyridine rings is 1. The Morgan fingerprint density at radius 1 is 1.00 bits per heavy atom. The van der Waals surface area contributed by atoms with E-state index in [0.717, 1.165) is 17.1 Å². The second-order valence-electron chi connectivity index (χ2n) is 7.45. The van der Waals surface area contributed by atoms with Crippen molar-refractivity contribution in [2.24, 2.45) is 0 Å². The molecule has 0 aliphatic rings. The van der Waals surface area contributed by atoms with Gasteiger partial charge < -0.3 is 20.9 Å². The Morgan fingerprint density at radius 2 is 1.77 bits per heavy atom. The molecule has 0 saturated carbocycles. The van der Waals surface area contributed by atoms with Gasteiger partial charge in [-0.15, -0.1) is 0 Å². The van der Waals surface area contributed by atoms with Gasteiger partial charge in [-0.3, -0.25) is 4.79 Å². The number of hydrogen-bond donors (Lipinski definition) is 3. The average Bonchev–Trinajstić information content (AvgIpc) is 2.71. The molecule has 3 rings (SSSR count). The lowest BCUT2D eigenvalue weighted by Gasteiger charge is -2.15. The first-order chi connectivity index (χ1) is 14.3. The van der Waals surface area contributed by atoms with Gasteiger partial charge in [0.15, 0.2) is 0 Å². The second-order valence-corrected chi connectivity index (χ2v) is 7.45. The first kappa shape index (κ1) is 21.0. The number of hydrogen-bond acceptors (Lipinski definition) is 7. The van der Waals surface area contributed by atoms with Crippen LogP contribution in [-0.4, -0.2) is 41.0 Å². The van der Waals surface area contributed by atoms with Crippen LogP contribution in [0.4, 0.5) is 29.0 Å². The van der Waals surface area contributed by atoms with E-state index in [1.165, 1.54) is 0 Å². The minimum atomic E-state index is -0.134. The Morgan fingerprint density at radius 3 is 2.43 bits per heavy atom. The summed E-state index contributed by atoms with van der Waals surface area (Å²) >= 11 is 0. The number of carbonyl (C=O) groups is 1. The predicted octanol–water partition coefficient (Wildman–Crippen LogP) is 3.87. The van der Waals surface area contributed by atoms with E-state index in [9.17, 15) is 4.79 Å². The van der Waals surface area contributed by atoms with Crippen LogP contribution in [0, 0.1) is 6.92 Å². The molecule has 30 heavy (non-hydrogen) atoms. The summed E-state index contributed by atoms with van der Waals surface area (Å²) < 4.78 is 0. The van der Waals surface area contributed by atoms with Crippen molar-refractivity contribution < 1.29 is 4.79 Å². The Balaban J connectivity index is 1.82. The maximum Gasteiger partial charge on any atom is 0.253 e. The maximum absolute atomic E-state index is 12.5. The highest BCUT2D eigenvalue weighted by Crippen LogP contribution is 2.24. The lowest BCUT2D eigenvalue weighted by molar-refractivity contribution is 0.0944. The minimum absolute atomic E-state index is 0.0506. The zero-order chi connectivity index (χ0) is 21.7. The first-order valence-corrected chi connectivity index (χ1v) is 9.74. The number of amides is 1. The number of anilines is 5. The highest BCUT2D eigenvalue weighted by atomic mass is 16.1. The summed E-state index contributed by atoms with van der Waals surface area (Å²) in [5, 5.41) is 9.36. The third-order valence-electron chi connectivity index (χ3n) is 4.28. The summed E-state index contributed by atoms with van der Waals surface area (Å²) in [6, 6.07) is 11.2. The van der Waals surface area contributed by atoms with E-state index in [-0.39, 0.29) is 11.9 Å². The molecule has 156 valence electrons. The molecule has 2 aromatic heterocycles. The highest BCUT2D eigenvalue weighted by Gasteiger charge is 2.14. The molecule has 8 heteroatoms. The highest BCUT2D eigenvalue weighted by molar-refractivity contribution is 6.00. The third-order valence-corrected chi connectivity index (χ3v) is 4.28. The minimum Gasteiger partial charge on any atom is -0.363 e. The third kappa shape index (κ3) is 5.22. The summed E-state index contributed by atoms with van der Waals surface area (Å²) in [6.45, 7) is 5.77. The summed E-state index contributed by atoms with van der Waals surface area (Å²) in [7, 11) is 3.88. The molecule has 1 aromatic carbocycles. The molecule has 8 nitrogen and oxygen atoms in total. The van der Waals surface area contributed by atoms with E-state index in [0.29, 0.717) is 23.0 Å². The fourth-order valence-electron chi connectivity index (χ4n) is 2.74. The van der Waals surface area contributed by atoms with Crippen LogP contribution in [0.3, 0.4) is 0 Å². The molecule has 0 fully saturated rings. The van der Waals surface area contributed by atoms with E-state index < -0.39 is 0 Å². The molecule has 2 heterocycles. The van der Waals surface area contributed by atoms with E-state index in [2.05, 4.69) is 30.9 Å². The molecule has 0 atom stereocenters. The van der Waals surface area contributed by atoms with Crippen molar-refractivity contribution >= 4 is 34.9 Å². The number of aryl methyl sites for hydroxylation is 1. The van der Waals surface area contributed by atoms with Gasteiger partial charge in [0.05, 0.1) is 23.1 Å². The van der Waals surface area contributed by atoms with Gasteiger partial charge in [-0.2, -0.15) is 4.98 Å². The van der Waals surface area contributed by atoms with E-state index in [1.807, 2.05) is 70.1 Å². The van der Waals surface area contributed by atoms with E-state index in [4.69, 9.17) is 0 Å². The van der Waals surface area contributed by atoms with Gasteiger partial charge >= 0.3 is 0 Å². The number of nitrogens with zero attached hydrogens (tertiary/aromatic N) is 4. The Bertz CT molecular complexity index is 1020. The summed E-state index contributed by atoms with van der Waals surface area (Å²) in [5.41, 5.74) is 2.88. The Hall–Kier alpha value is -3.68. The largest absolute Gasteiger partial charge is 0.363 e. The molecule has 0 radical (unpaired) electrons. The van der Waals surface area contributed by atoms with Crippen LogP contribution in [0.2, 0.25) is 0 Å². The summed E-state index contributed by atoms with van der Waals surface area (Å²) in [6.07, 6.45) is 3.47. The van der Waals surface area contributed by atoms with Crippen LogP contribution in [0.15, 0.2) is 48.8 Å². The van der Waals surface area contributed by atoms with Gasteiger partial charge in [0.1, 0.15) is 11.6 Å².